The fourth-order valence-corrected chi connectivity index (χ4v) is 3.51. The largest absolute Gasteiger partial charge is 0.376 e. The molecule has 130 valence electrons. The molecule has 0 aromatic heterocycles. The highest BCUT2D eigenvalue weighted by atomic mass is 35.5. The van der Waals surface area contributed by atoms with Gasteiger partial charge in [-0.1, -0.05) is 12.1 Å². The van der Waals surface area contributed by atoms with E-state index < -0.39 is 9.75 Å². The van der Waals surface area contributed by atoms with Gasteiger partial charge in [0.25, 0.3) is 5.91 Å². The lowest BCUT2D eigenvalue weighted by Crippen LogP contribution is -2.33. The van der Waals surface area contributed by atoms with Gasteiger partial charge in [0.05, 0.1) is 22.8 Å². The van der Waals surface area contributed by atoms with E-state index in [2.05, 4.69) is 10.6 Å². The van der Waals surface area contributed by atoms with Crippen LogP contribution in [0.15, 0.2) is 24.3 Å². The molecule has 1 aromatic rings. The third-order valence-electron chi connectivity index (χ3n) is 4.69. The Balaban J connectivity index is 1.66. The lowest BCUT2D eigenvalue weighted by atomic mass is 10.1. The van der Waals surface area contributed by atoms with Crippen LogP contribution in [0.5, 0.6) is 0 Å². The van der Waals surface area contributed by atoms with E-state index in [0.717, 1.165) is 19.4 Å². The van der Waals surface area contributed by atoms with E-state index in [1.165, 1.54) is 0 Å². The fraction of sp³-hybridized carbons (Fsp3) is 0.529. The zero-order valence-electron chi connectivity index (χ0n) is 13.4. The van der Waals surface area contributed by atoms with Gasteiger partial charge in [0.15, 0.2) is 0 Å². The quantitative estimate of drug-likeness (QED) is 0.782. The molecule has 2 fully saturated rings. The normalized spacial score (nSPS) is 27.5. The third-order valence-corrected chi connectivity index (χ3v) is 5.79. The molecule has 3 rings (SSSR count). The second-order valence-electron chi connectivity index (χ2n) is 6.56. The molecule has 2 aliphatic rings. The van der Waals surface area contributed by atoms with Crippen molar-refractivity contribution in [3.63, 3.8) is 0 Å². The Morgan fingerprint density at radius 1 is 1.33 bits per heavy atom. The van der Waals surface area contributed by atoms with Gasteiger partial charge in [0.2, 0.25) is 5.91 Å². The fourth-order valence-electron chi connectivity index (χ4n) is 2.80. The van der Waals surface area contributed by atoms with Crippen LogP contribution in [0.3, 0.4) is 0 Å². The first-order valence-corrected chi connectivity index (χ1v) is 8.77. The third kappa shape index (κ3) is 3.39. The van der Waals surface area contributed by atoms with Crippen LogP contribution in [0.1, 0.15) is 36.5 Å². The Bertz CT molecular complexity index is 659. The summed E-state index contributed by atoms with van der Waals surface area (Å²) >= 11 is 12.1. The number of amides is 2. The minimum absolute atomic E-state index is 0.0641. The summed E-state index contributed by atoms with van der Waals surface area (Å²) < 4.78 is 4.45. The summed E-state index contributed by atoms with van der Waals surface area (Å²) in [7, 11) is 0. The smallest absolute Gasteiger partial charge is 0.253 e. The molecule has 0 radical (unpaired) electrons. The van der Waals surface area contributed by atoms with Crippen molar-refractivity contribution in [2.24, 2.45) is 5.41 Å². The number of carbonyl (C=O) groups excluding carboxylic acids is 2. The number of halogens is 2. The average Bonchev–Trinajstić information content (AvgIpc) is 2.93. The Hall–Kier alpha value is -1.30. The van der Waals surface area contributed by atoms with E-state index in [4.69, 9.17) is 27.9 Å². The number of anilines is 1. The number of carbonyl (C=O) groups is 2. The first kappa shape index (κ1) is 17.5. The second kappa shape index (κ2) is 6.54. The average molecular weight is 371 g/mol. The van der Waals surface area contributed by atoms with Crippen molar-refractivity contribution in [3.8, 4) is 0 Å². The minimum atomic E-state index is -1.05. The van der Waals surface area contributed by atoms with E-state index >= 15 is 0 Å². The van der Waals surface area contributed by atoms with Gasteiger partial charge < -0.3 is 15.4 Å². The molecule has 1 aliphatic heterocycles. The van der Waals surface area contributed by atoms with Crippen LogP contribution in [-0.4, -0.2) is 35.4 Å². The maximum Gasteiger partial charge on any atom is 0.253 e. The Labute approximate surface area is 151 Å². The second-order valence-corrected chi connectivity index (χ2v) is 8.04. The molecule has 1 heterocycles. The van der Waals surface area contributed by atoms with Crippen LogP contribution in [0.4, 0.5) is 5.69 Å². The highest BCUT2D eigenvalue weighted by Gasteiger charge is 2.67. The Kier molecular flexibility index (Phi) is 4.78. The van der Waals surface area contributed by atoms with E-state index in [1.807, 2.05) is 0 Å². The number of para-hydroxylation sites is 1. The molecule has 1 saturated heterocycles. The van der Waals surface area contributed by atoms with Crippen LogP contribution < -0.4 is 10.6 Å². The van der Waals surface area contributed by atoms with Crippen LogP contribution in [0, 0.1) is 5.41 Å². The molecule has 7 heteroatoms. The Morgan fingerprint density at radius 3 is 2.67 bits per heavy atom. The lowest BCUT2D eigenvalue weighted by molar-refractivity contribution is -0.120. The maximum atomic E-state index is 12.4. The molecule has 2 unspecified atom stereocenters. The molecular formula is C17H20Cl2N2O3. The zero-order chi connectivity index (χ0) is 17.4. The first-order chi connectivity index (χ1) is 11.3. The lowest BCUT2D eigenvalue weighted by Gasteiger charge is -2.16. The number of benzene rings is 1. The standard InChI is InChI=1S/C17H20Cl2N2O3/c1-16(10-17(16,18)19)15(23)21-13-7-3-2-6-12(13)14(22)20-9-11-5-4-8-24-11/h2-3,6-7,11H,4-5,8-10H2,1H3,(H,20,22)(H,21,23). The van der Waals surface area contributed by atoms with Gasteiger partial charge in [-0.3, -0.25) is 9.59 Å². The van der Waals surface area contributed by atoms with Crippen LogP contribution in [-0.2, 0) is 9.53 Å². The molecule has 1 aromatic carbocycles. The molecule has 0 spiro atoms. The topological polar surface area (TPSA) is 67.4 Å². The van der Waals surface area contributed by atoms with Crippen molar-refractivity contribution in [2.75, 3.05) is 18.5 Å². The van der Waals surface area contributed by atoms with Crippen LogP contribution >= 0.6 is 23.2 Å². The van der Waals surface area contributed by atoms with Gasteiger partial charge in [0, 0.05) is 13.2 Å². The van der Waals surface area contributed by atoms with Crippen LogP contribution in [0.2, 0.25) is 0 Å². The van der Waals surface area contributed by atoms with Gasteiger partial charge in [0.1, 0.15) is 4.33 Å². The monoisotopic (exact) mass is 370 g/mol. The SMILES string of the molecule is CC1(C(=O)Nc2ccccc2C(=O)NCC2CCCO2)CC1(Cl)Cl. The highest BCUT2D eigenvalue weighted by Crippen LogP contribution is 2.64. The number of hydrogen-bond donors (Lipinski definition) is 2. The van der Waals surface area contributed by atoms with Crippen molar-refractivity contribution in [2.45, 2.75) is 36.6 Å². The van der Waals surface area contributed by atoms with Crippen LogP contribution in [0.25, 0.3) is 0 Å². The van der Waals surface area contributed by atoms with Crippen molar-refractivity contribution in [3.05, 3.63) is 29.8 Å². The first-order valence-electron chi connectivity index (χ1n) is 8.02. The molecule has 2 atom stereocenters. The molecular weight excluding hydrogens is 351 g/mol. The van der Waals surface area contributed by atoms with Gasteiger partial charge in [-0.15, -0.1) is 23.2 Å². The molecule has 2 amide bonds. The summed E-state index contributed by atoms with van der Waals surface area (Å²) in [6.45, 7) is 2.91. The molecule has 1 saturated carbocycles. The Morgan fingerprint density at radius 2 is 2.04 bits per heavy atom. The molecule has 5 nitrogen and oxygen atoms in total. The van der Waals surface area contributed by atoms with E-state index in [0.29, 0.717) is 24.2 Å². The van der Waals surface area contributed by atoms with Crippen molar-refractivity contribution in [1.29, 1.82) is 0 Å². The van der Waals surface area contributed by atoms with Gasteiger partial charge in [-0.05, 0) is 38.3 Å². The summed E-state index contributed by atoms with van der Waals surface area (Å²) in [5, 5.41) is 5.64. The predicted molar refractivity (Wildman–Crippen MR) is 93.5 cm³/mol. The summed E-state index contributed by atoms with van der Waals surface area (Å²) in [6.07, 6.45) is 2.42. The van der Waals surface area contributed by atoms with Crippen molar-refractivity contribution >= 4 is 40.7 Å². The van der Waals surface area contributed by atoms with Gasteiger partial charge in [-0.2, -0.15) is 0 Å². The van der Waals surface area contributed by atoms with Crippen molar-refractivity contribution < 1.29 is 14.3 Å². The molecule has 24 heavy (non-hydrogen) atoms. The van der Waals surface area contributed by atoms with Crippen molar-refractivity contribution in [1.82, 2.24) is 5.32 Å². The highest BCUT2D eigenvalue weighted by molar-refractivity contribution is 6.53. The minimum Gasteiger partial charge on any atom is -0.376 e. The zero-order valence-corrected chi connectivity index (χ0v) is 14.9. The predicted octanol–water partition coefficient (Wildman–Crippen LogP) is 3.12. The number of ether oxygens (including phenoxy) is 1. The molecule has 2 N–H and O–H groups in total. The van der Waals surface area contributed by atoms with Gasteiger partial charge in [-0.25, -0.2) is 0 Å². The molecule has 0 bridgehead atoms. The maximum absolute atomic E-state index is 12.4. The summed E-state index contributed by atoms with van der Waals surface area (Å²) in [5.41, 5.74) is 0.0182. The summed E-state index contributed by atoms with van der Waals surface area (Å²) in [4.78, 5) is 24.8. The van der Waals surface area contributed by atoms with E-state index in [9.17, 15) is 9.59 Å². The summed E-state index contributed by atoms with van der Waals surface area (Å²) in [6, 6.07) is 6.87. The number of hydrogen-bond acceptors (Lipinski definition) is 3. The molecule has 1 aliphatic carbocycles. The number of alkyl halides is 2. The van der Waals surface area contributed by atoms with Gasteiger partial charge >= 0.3 is 0 Å². The summed E-state index contributed by atoms with van der Waals surface area (Å²) in [5.74, 6) is -0.530. The number of nitrogens with one attached hydrogen (secondary N) is 2. The van der Waals surface area contributed by atoms with E-state index in [1.54, 1.807) is 31.2 Å². The number of rotatable bonds is 5. The van der Waals surface area contributed by atoms with E-state index in [-0.39, 0.29) is 17.9 Å².